The Morgan fingerprint density at radius 1 is 1.15 bits per heavy atom. The lowest BCUT2D eigenvalue weighted by Crippen LogP contribution is -2.28. The summed E-state index contributed by atoms with van der Waals surface area (Å²) in [4.78, 5) is 16.3. The number of benzene rings is 1. The van der Waals surface area contributed by atoms with E-state index in [0.717, 1.165) is 16.7 Å². The number of pyridine rings is 1. The summed E-state index contributed by atoms with van der Waals surface area (Å²) in [6, 6.07) is 9.18. The van der Waals surface area contributed by atoms with E-state index in [1.807, 2.05) is 31.4 Å². The molecule has 0 fully saturated rings. The van der Waals surface area contributed by atoms with Crippen molar-refractivity contribution < 1.29 is 14.3 Å². The Labute approximate surface area is 151 Å². The number of amides is 1. The first kappa shape index (κ1) is 17.5. The number of carbonyl (C=O) groups is 1. The van der Waals surface area contributed by atoms with Crippen molar-refractivity contribution in [2.24, 2.45) is 7.05 Å². The average Bonchev–Trinajstić information content (AvgIpc) is 3.11. The summed E-state index contributed by atoms with van der Waals surface area (Å²) in [5, 5.41) is 6.98. The third kappa shape index (κ3) is 4.38. The second-order valence-corrected chi connectivity index (χ2v) is 5.70. The van der Waals surface area contributed by atoms with Gasteiger partial charge in [-0.1, -0.05) is 12.1 Å². The molecule has 134 valence electrons. The van der Waals surface area contributed by atoms with Crippen LogP contribution in [0.1, 0.15) is 5.56 Å². The van der Waals surface area contributed by atoms with Crippen LogP contribution in [-0.4, -0.2) is 34.4 Å². The predicted octanol–water partition coefficient (Wildman–Crippen LogP) is 2.19. The zero-order valence-corrected chi connectivity index (χ0v) is 14.7. The predicted molar refractivity (Wildman–Crippen MR) is 96.8 cm³/mol. The maximum atomic E-state index is 12.0. The maximum absolute atomic E-state index is 12.0. The number of aromatic nitrogens is 3. The van der Waals surface area contributed by atoms with Crippen LogP contribution in [0.2, 0.25) is 0 Å². The molecule has 1 N–H and O–H groups in total. The summed E-state index contributed by atoms with van der Waals surface area (Å²) in [5.41, 5.74) is 2.83. The van der Waals surface area contributed by atoms with Gasteiger partial charge in [0.25, 0.3) is 5.91 Å². The molecule has 7 nitrogen and oxygen atoms in total. The van der Waals surface area contributed by atoms with Crippen molar-refractivity contribution in [3.63, 3.8) is 0 Å². The van der Waals surface area contributed by atoms with Gasteiger partial charge in [0.05, 0.1) is 13.3 Å². The normalized spacial score (nSPS) is 10.4. The van der Waals surface area contributed by atoms with Crippen molar-refractivity contribution in [2.75, 3.05) is 13.7 Å². The zero-order chi connectivity index (χ0) is 18.4. The number of aryl methyl sites for hydroxylation is 1. The van der Waals surface area contributed by atoms with Gasteiger partial charge in [0.1, 0.15) is 0 Å². The Bertz CT molecular complexity index is 892. The van der Waals surface area contributed by atoms with E-state index in [4.69, 9.17) is 9.47 Å². The van der Waals surface area contributed by atoms with Crippen molar-refractivity contribution in [2.45, 2.75) is 6.54 Å². The van der Waals surface area contributed by atoms with Crippen LogP contribution in [0, 0.1) is 0 Å². The molecule has 1 amide bonds. The number of nitrogens with zero attached hydrogens (tertiary/aromatic N) is 3. The van der Waals surface area contributed by atoms with Gasteiger partial charge in [0.2, 0.25) is 0 Å². The van der Waals surface area contributed by atoms with Crippen LogP contribution in [-0.2, 0) is 18.4 Å². The van der Waals surface area contributed by atoms with Gasteiger partial charge < -0.3 is 14.8 Å². The summed E-state index contributed by atoms with van der Waals surface area (Å²) in [5.74, 6) is 0.904. The van der Waals surface area contributed by atoms with E-state index in [9.17, 15) is 4.79 Å². The van der Waals surface area contributed by atoms with E-state index in [1.165, 1.54) is 0 Å². The highest BCUT2D eigenvalue weighted by atomic mass is 16.5. The van der Waals surface area contributed by atoms with Crippen LogP contribution in [0.15, 0.2) is 55.1 Å². The van der Waals surface area contributed by atoms with Gasteiger partial charge in [-0.25, -0.2) is 0 Å². The summed E-state index contributed by atoms with van der Waals surface area (Å²) < 4.78 is 12.4. The third-order valence-electron chi connectivity index (χ3n) is 3.75. The zero-order valence-electron chi connectivity index (χ0n) is 14.7. The van der Waals surface area contributed by atoms with Gasteiger partial charge in [-0.05, 0) is 23.8 Å². The number of hydrogen-bond acceptors (Lipinski definition) is 5. The fraction of sp³-hybridized carbons (Fsp3) is 0.211. The molecule has 3 aromatic rings. The number of methoxy groups -OCH3 is 1. The minimum atomic E-state index is -0.220. The molecule has 0 saturated carbocycles. The molecule has 0 radical (unpaired) electrons. The number of carbonyl (C=O) groups excluding carboxylic acids is 1. The monoisotopic (exact) mass is 352 g/mol. The summed E-state index contributed by atoms with van der Waals surface area (Å²) >= 11 is 0. The Hall–Kier alpha value is -3.35. The SMILES string of the molecule is COc1ccccc1OCC(=O)NCc1cncc(-c2cnn(C)c2)c1. The van der Waals surface area contributed by atoms with E-state index in [0.29, 0.717) is 18.0 Å². The summed E-state index contributed by atoms with van der Waals surface area (Å²) in [7, 11) is 3.42. The quantitative estimate of drug-likeness (QED) is 0.705. The van der Waals surface area contributed by atoms with Crippen molar-refractivity contribution in [3.8, 4) is 22.6 Å². The largest absolute Gasteiger partial charge is 0.493 e. The highest BCUT2D eigenvalue weighted by molar-refractivity contribution is 5.77. The van der Waals surface area contributed by atoms with Crippen molar-refractivity contribution in [1.82, 2.24) is 20.1 Å². The first-order valence-corrected chi connectivity index (χ1v) is 8.11. The molecule has 3 rings (SSSR count). The van der Waals surface area contributed by atoms with Crippen LogP contribution < -0.4 is 14.8 Å². The number of nitrogens with one attached hydrogen (secondary N) is 1. The molecule has 0 atom stereocenters. The van der Waals surface area contributed by atoms with E-state index >= 15 is 0 Å². The molecule has 0 bridgehead atoms. The van der Waals surface area contributed by atoms with Gasteiger partial charge in [-0.15, -0.1) is 0 Å². The van der Waals surface area contributed by atoms with Gasteiger partial charge in [-0.2, -0.15) is 5.10 Å². The smallest absolute Gasteiger partial charge is 0.258 e. The fourth-order valence-electron chi connectivity index (χ4n) is 2.45. The minimum absolute atomic E-state index is 0.0872. The minimum Gasteiger partial charge on any atom is -0.493 e. The Morgan fingerprint density at radius 3 is 2.69 bits per heavy atom. The lowest BCUT2D eigenvalue weighted by atomic mass is 10.1. The second-order valence-electron chi connectivity index (χ2n) is 5.70. The molecule has 1 aromatic carbocycles. The van der Waals surface area contributed by atoms with E-state index in [-0.39, 0.29) is 12.5 Å². The molecule has 26 heavy (non-hydrogen) atoms. The number of ether oxygens (including phenoxy) is 2. The van der Waals surface area contributed by atoms with Crippen LogP contribution in [0.3, 0.4) is 0 Å². The van der Waals surface area contributed by atoms with Gasteiger partial charge in [0.15, 0.2) is 18.1 Å². The molecular formula is C19H20N4O3. The van der Waals surface area contributed by atoms with E-state index in [2.05, 4.69) is 15.4 Å². The van der Waals surface area contributed by atoms with Crippen LogP contribution in [0.4, 0.5) is 0 Å². The number of hydrogen-bond donors (Lipinski definition) is 1. The van der Waals surface area contributed by atoms with E-state index in [1.54, 1.807) is 42.5 Å². The first-order chi connectivity index (χ1) is 12.7. The molecular weight excluding hydrogens is 332 g/mol. The van der Waals surface area contributed by atoms with Gasteiger partial charge >= 0.3 is 0 Å². The highest BCUT2D eigenvalue weighted by Gasteiger charge is 2.08. The highest BCUT2D eigenvalue weighted by Crippen LogP contribution is 2.25. The first-order valence-electron chi connectivity index (χ1n) is 8.11. The molecule has 0 aliphatic rings. The molecule has 0 aliphatic heterocycles. The topological polar surface area (TPSA) is 78.3 Å². The Kier molecular flexibility index (Phi) is 5.48. The molecule has 7 heteroatoms. The summed E-state index contributed by atoms with van der Waals surface area (Å²) in [6.45, 7) is 0.283. The van der Waals surface area contributed by atoms with Gasteiger partial charge in [-0.3, -0.25) is 14.5 Å². The Balaban J connectivity index is 1.55. The molecule has 0 spiro atoms. The molecule has 2 heterocycles. The number of para-hydroxylation sites is 2. The molecule has 2 aromatic heterocycles. The number of rotatable bonds is 7. The molecule has 0 aliphatic carbocycles. The van der Waals surface area contributed by atoms with Crippen molar-refractivity contribution in [1.29, 1.82) is 0 Å². The second kappa shape index (κ2) is 8.15. The molecule has 0 saturated heterocycles. The van der Waals surface area contributed by atoms with E-state index < -0.39 is 0 Å². The maximum Gasteiger partial charge on any atom is 0.258 e. The van der Waals surface area contributed by atoms with Crippen molar-refractivity contribution >= 4 is 5.91 Å². The van der Waals surface area contributed by atoms with Gasteiger partial charge in [0, 0.05) is 43.3 Å². The lowest BCUT2D eigenvalue weighted by molar-refractivity contribution is -0.123. The van der Waals surface area contributed by atoms with Crippen LogP contribution in [0.5, 0.6) is 11.5 Å². The Morgan fingerprint density at radius 2 is 1.96 bits per heavy atom. The average molecular weight is 352 g/mol. The standard InChI is InChI=1S/C19H20N4O3/c1-23-12-16(11-22-23)15-7-14(8-20-10-15)9-21-19(24)13-26-18-6-4-3-5-17(18)25-2/h3-8,10-12H,9,13H2,1-2H3,(H,21,24). The van der Waals surface area contributed by atoms with Crippen molar-refractivity contribution in [3.05, 3.63) is 60.7 Å². The lowest BCUT2D eigenvalue weighted by Gasteiger charge is -2.10. The summed E-state index contributed by atoms with van der Waals surface area (Å²) in [6.07, 6.45) is 7.19. The molecule has 0 unspecified atom stereocenters. The van der Waals surface area contributed by atoms with Crippen LogP contribution >= 0.6 is 0 Å². The fourth-order valence-corrected chi connectivity index (χ4v) is 2.45. The third-order valence-corrected chi connectivity index (χ3v) is 3.75. The van der Waals surface area contributed by atoms with Crippen LogP contribution in [0.25, 0.3) is 11.1 Å².